The largest absolute Gasteiger partial charge is 0.369 e. The summed E-state index contributed by atoms with van der Waals surface area (Å²) in [5.41, 5.74) is 9.01. The summed E-state index contributed by atoms with van der Waals surface area (Å²) >= 11 is 0. The molecule has 0 unspecified atom stereocenters. The van der Waals surface area contributed by atoms with Crippen molar-refractivity contribution in [2.75, 3.05) is 6.54 Å². The number of hydrogen-bond acceptors (Lipinski definition) is 4. The molecule has 0 aromatic carbocycles. The molecule has 0 atom stereocenters. The van der Waals surface area contributed by atoms with Gasteiger partial charge in [-0.15, -0.1) is 0 Å². The highest BCUT2D eigenvalue weighted by Crippen LogP contribution is 1.98. The van der Waals surface area contributed by atoms with Crippen LogP contribution in [0.25, 0.3) is 0 Å². The summed E-state index contributed by atoms with van der Waals surface area (Å²) in [5.74, 6) is 0.855. The van der Waals surface area contributed by atoms with Crippen LogP contribution >= 0.6 is 0 Å². The summed E-state index contributed by atoms with van der Waals surface area (Å²) in [6, 6.07) is 0. The van der Waals surface area contributed by atoms with E-state index in [9.17, 15) is 0 Å². The van der Waals surface area contributed by atoms with Gasteiger partial charge in [-0.05, 0) is 5.92 Å². The number of nitrogens with zero attached hydrogens (tertiary/aromatic N) is 2. The Bertz CT molecular complexity index is 180. The van der Waals surface area contributed by atoms with Crippen molar-refractivity contribution >= 4 is 11.7 Å². The molecule has 0 fully saturated rings. The number of hydrazone groups is 1. The summed E-state index contributed by atoms with van der Waals surface area (Å²) < 4.78 is 0. The lowest BCUT2D eigenvalue weighted by atomic mass is 10.1. The fourth-order valence-electron chi connectivity index (χ4n) is 0.678. The van der Waals surface area contributed by atoms with Gasteiger partial charge in [-0.2, -0.15) is 5.10 Å². The summed E-state index contributed by atoms with van der Waals surface area (Å²) in [4.78, 5) is 3.99. The molecule has 10 heavy (non-hydrogen) atoms. The van der Waals surface area contributed by atoms with Crippen LogP contribution in [0.3, 0.4) is 0 Å². The summed E-state index contributed by atoms with van der Waals surface area (Å²) in [6.45, 7) is 4.80. The van der Waals surface area contributed by atoms with E-state index in [1.807, 2.05) is 0 Å². The molecule has 0 aromatic rings. The van der Waals surface area contributed by atoms with Crippen molar-refractivity contribution in [3.63, 3.8) is 0 Å². The molecule has 0 spiro atoms. The lowest BCUT2D eigenvalue weighted by Gasteiger charge is -2.12. The second-order valence-corrected chi connectivity index (χ2v) is 2.57. The molecule has 0 radical (unpaired) electrons. The highest BCUT2D eigenvalue weighted by atomic mass is 15.4. The Labute approximate surface area is 60.2 Å². The van der Waals surface area contributed by atoms with Crippen LogP contribution in [0.5, 0.6) is 0 Å². The second-order valence-electron chi connectivity index (χ2n) is 2.57. The molecular weight excluding hydrogens is 128 g/mol. The maximum atomic E-state index is 5.33. The zero-order chi connectivity index (χ0) is 7.56. The maximum absolute atomic E-state index is 5.33. The highest BCUT2D eigenvalue weighted by molar-refractivity contribution is 5.93. The maximum Gasteiger partial charge on any atom is 0.209 e. The van der Waals surface area contributed by atoms with Crippen molar-refractivity contribution in [3.8, 4) is 0 Å². The Balaban J connectivity index is 2.54. The van der Waals surface area contributed by atoms with E-state index < -0.39 is 0 Å². The van der Waals surface area contributed by atoms with Crippen LogP contribution in [0.2, 0.25) is 0 Å². The lowest BCUT2D eigenvalue weighted by molar-refractivity contribution is 0.819. The average molecular weight is 140 g/mol. The van der Waals surface area contributed by atoms with Crippen LogP contribution in [-0.4, -0.2) is 18.2 Å². The highest BCUT2D eigenvalue weighted by Gasteiger charge is 2.08. The number of hydrogen-bond donors (Lipinski definition) is 2. The molecule has 56 valence electrons. The number of rotatable bonds is 1. The standard InChI is InChI=1S/C6H12N4/c1-4(2)5-3-8-6(7)10-9-5/h4H,3H2,1-2H3,(H3,7,8,10). The summed E-state index contributed by atoms with van der Waals surface area (Å²) in [7, 11) is 0. The van der Waals surface area contributed by atoms with Gasteiger partial charge in [0.25, 0.3) is 0 Å². The van der Waals surface area contributed by atoms with Gasteiger partial charge in [-0.3, -0.25) is 0 Å². The third-order valence-corrected chi connectivity index (χ3v) is 1.39. The normalized spacial score (nSPS) is 17.9. The van der Waals surface area contributed by atoms with Crippen LogP contribution in [0.15, 0.2) is 10.1 Å². The molecule has 1 heterocycles. The number of aliphatic imine (C=N–C) groups is 1. The molecule has 4 heteroatoms. The molecule has 0 amide bonds. The Kier molecular flexibility index (Phi) is 1.89. The van der Waals surface area contributed by atoms with Gasteiger partial charge in [0.15, 0.2) is 0 Å². The van der Waals surface area contributed by atoms with Crippen molar-refractivity contribution in [1.29, 1.82) is 0 Å². The van der Waals surface area contributed by atoms with E-state index in [2.05, 4.69) is 29.4 Å². The fraction of sp³-hybridized carbons (Fsp3) is 0.667. The zero-order valence-corrected chi connectivity index (χ0v) is 6.26. The molecule has 1 rings (SSSR count). The van der Waals surface area contributed by atoms with Crippen molar-refractivity contribution in [3.05, 3.63) is 0 Å². The minimum atomic E-state index is 0.407. The number of nitrogens with two attached hydrogens (primary N) is 1. The second kappa shape index (κ2) is 2.68. The fourth-order valence-corrected chi connectivity index (χ4v) is 0.678. The Morgan fingerprint density at radius 1 is 1.60 bits per heavy atom. The van der Waals surface area contributed by atoms with Crippen molar-refractivity contribution in [1.82, 2.24) is 5.43 Å². The van der Waals surface area contributed by atoms with E-state index in [1.165, 1.54) is 0 Å². The first-order valence-corrected chi connectivity index (χ1v) is 3.32. The lowest BCUT2D eigenvalue weighted by Crippen LogP contribution is -2.34. The molecule has 0 aromatic heterocycles. The molecule has 1 aliphatic rings. The zero-order valence-electron chi connectivity index (χ0n) is 6.26. The third-order valence-electron chi connectivity index (χ3n) is 1.39. The minimum absolute atomic E-state index is 0.407. The van der Waals surface area contributed by atoms with Crippen molar-refractivity contribution in [2.45, 2.75) is 13.8 Å². The Hall–Kier alpha value is -1.06. The third kappa shape index (κ3) is 1.46. The molecule has 0 aliphatic carbocycles. The molecule has 1 aliphatic heterocycles. The Morgan fingerprint density at radius 3 is 2.70 bits per heavy atom. The SMILES string of the molecule is CC(C)C1=NNC(N)=NC1. The first-order valence-electron chi connectivity index (χ1n) is 3.32. The van der Waals surface area contributed by atoms with Crippen LogP contribution < -0.4 is 11.2 Å². The van der Waals surface area contributed by atoms with E-state index in [0.717, 1.165) is 5.71 Å². The topological polar surface area (TPSA) is 62.8 Å². The molecule has 0 bridgehead atoms. The van der Waals surface area contributed by atoms with E-state index in [1.54, 1.807) is 0 Å². The summed E-state index contributed by atoms with van der Waals surface area (Å²) in [5, 5.41) is 4.02. The van der Waals surface area contributed by atoms with Gasteiger partial charge in [-0.1, -0.05) is 13.8 Å². The predicted molar refractivity (Wildman–Crippen MR) is 41.9 cm³/mol. The number of guanidine groups is 1. The smallest absolute Gasteiger partial charge is 0.209 e. The van der Waals surface area contributed by atoms with Gasteiger partial charge in [0.05, 0.1) is 12.3 Å². The van der Waals surface area contributed by atoms with E-state index in [0.29, 0.717) is 18.4 Å². The van der Waals surface area contributed by atoms with Crippen LogP contribution in [0.1, 0.15) is 13.8 Å². The van der Waals surface area contributed by atoms with Crippen LogP contribution in [0.4, 0.5) is 0 Å². The minimum Gasteiger partial charge on any atom is -0.369 e. The van der Waals surface area contributed by atoms with Gasteiger partial charge >= 0.3 is 0 Å². The molecule has 0 saturated carbocycles. The van der Waals surface area contributed by atoms with Crippen LogP contribution in [0, 0.1) is 5.92 Å². The molecule has 3 N–H and O–H groups in total. The first kappa shape index (κ1) is 7.05. The monoisotopic (exact) mass is 140 g/mol. The van der Waals surface area contributed by atoms with Gasteiger partial charge < -0.3 is 5.73 Å². The van der Waals surface area contributed by atoms with Gasteiger partial charge in [0.2, 0.25) is 5.96 Å². The molecular formula is C6H12N4. The Morgan fingerprint density at radius 2 is 2.30 bits per heavy atom. The van der Waals surface area contributed by atoms with E-state index in [4.69, 9.17) is 5.73 Å². The van der Waals surface area contributed by atoms with Gasteiger partial charge in [-0.25, -0.2) is 10.4 Å². The van der Waals surface area contributed by atoms with Gasteiger partial charge in [0.1, 0.15) is 0 Å². The predicted octanol–water partition coefficient (Wildman–Crippen LogP) is -0.0837. The van der Waals surface area contributed by atoms with E-state index in [-0.39, 0.29) is 0 Å². The van der Waals surface area contributed by atoms with Crippen molar-refractivity contribution < 1.29 is 0 Å². The molecule has 4 nitrogen and oxygen atoms in total. The molecule has 0 saturated heterocycles. The average Bonchev–Trinajstić information content (AvgIpc) is 1.88. The number of nitrogens with one attached hydrogen (secondary N) is 1. The van der Waals surface area contributed by atoms with Crippen LogP contribution in [-0.2, 0) is 0 Å². The summed E-state index contributed by atoms with van der Waals surface area (Å²) in [6.07, 6.45) is 0. The quantitative estimate of drug-likeness (QED) is 0.535. The van der Waals surface area contributed by atoms with E-state index >= 15 is 0 Å². The van der Waals surface area contributed by atoms with Crippen molar-refractivity contribution in [2.24, 2.45) is 21.7 Å². The first-order chi connectivity index (χ1) is 4.70. The van der Waals surface area contributed by atoms with Gasteiger partial charge in [0, 0.05) is 0 Å².